The van der Waals surface area contributed by atoms with Crippen molar-refractivity contribution in [1.82, 2.24) is 4.57 Å². The van der Waals surface area contributed by atoms with Gasteiger partial charge in [0.25, 0.3) is 5.56 Å². The zero-order valence-electron chi connectivity index (χ0n) is 20.0. The number of rotatable bonds is 6. The van der Waals surface area contributed by atoms with Crippen LogP contribution in [0.3, 0.4) is 0 Å². The third-order valence-corrected chi connectivity index (χ3v) is 7.58. The van der Waals surface area contributed by atoms with E-state index in [0.717, 1.165) is 16.0 Å². The van der Waals surface area contributed by atoms with Crippen LogP contribution in [0.2, 0.25) is 0 Å². The van der Waals surface area contributed by atoms with E-state index in [9.17, 15) is 9.59 Å². The molecule has 2 aromatic carbocycles. The van der Waals surface area contributed by atoms with Crippen molar-refractivity contribution in [2.24, 2.45) is 4.99 Å². The number of esters is 1. The number of ether oxygens (including phenoxy) is 1. The monoisotopic (exact) mass is 492 g/mol. The molecule has 0 aliphatic carbocycles. The number of thiazole rings is 1. The van der Waals surface area contributed by atoms with Crippen molar-refractivity contribution in [3.8, 4) is 0 Å². The number of hydrogen-bond acceptors (Lipinski definition) is 6. The standard InChI is InChI=1S/C27H28N2O3S2/c1-6-32-26(31)23-17(4)28-27-29(24(23)20-11-13-21(33-5)14-12-20)25(30)22(34-27)15-18-7-9-19(10-8-18)16(2)3/h7-16,24H,6H2,1-5H3/b22-15-/t24-/m1/s1. The lowest BCUT2D eigenvalue weighted by atomic mass is 9.96. The number of carbonyl (C=O) groups is 1. The van der Waals surface area contributed by atoms with E-state index in [2.05, 4.69) is 31.0 Å². The average Bonchev–Trinajstić information content (AvgIpc) is 3.13. The molecule has 0 N–H and O–H groups in total. The second-order valence-corrected chi connectivity index (χ2v) is 10.3. The second kappa shape index (κ2) is 10.2. The van der Waals surface area contributed by atoms with E-state index >= 15 is 0 Å². The van der Waals surface area contributed by atoms with E-state index in [-0.39, 0.29) is 12.2 Å². The number of nitrogens with zero attached hydrogens (tertiary/aromatic N) is 2. The van der Waals surface area contributed by atoms with Gasteiger partial charge in [0.05, 0.1) is 28.5 Å². The number of hydrogen-bond donors (Lipinski definition) is 0. The van der Waals surface area contributed by atoms with Crippen LogP contribution < -0.4 is 14.9 Å². The Balaban J connectivity index is 1.89. The summed E-state index contributed by atoms with van der Waals surface area (Å²) in [6.07, 6.45) is 3.91. The number of thioether (sulfide) groups is 1. The molecule has 1 aliphatic heterocycles. The third-order valence-electron chi connectivity index (χ3n) is 5.85. The van der Waals surface area contributed by atoms with Gasteiger partial charge in [0.1, 0.15) is 0 Å². The fourth-order valence-electron chi connectivity index (χ4n) is 4.02. The molecule has 0 spiro atoms. The molecule has 7 heteroatoms. The Morgan fingerprint density at radius 1 is 1.18 bits per heavy atom. The Morgan fingerprint density at radius 3 is 2.44 bits per heavy atom. The first-order valence-electron chi connectivity index (χ1n) is 11.3. The van der Waals surface area contributed by atoms with Crippen molar-refractivity contribution in [2.45, 2.75) is 44.6 Å². The minimum atomic E-state index is -0.586. The van der Waals surface area contributed by atoms with Crippen LogP contribution in [0.4, 0.5) is 0 Å². The fourth-order valence-corrected chi connectivity index (χ4v) is 5.48. The molecule has 34 heavy (non-hydrogen) atoms. The highest BCUT2D eigenvalue weighted by Crippen LogP contribution is 2.31. The van der Waals surface area contributed by atoms with Gasteiger partial charge >= 0.3 is 5.97 Å². The molecule has 3 aromatic rings. The maximum atomic E-state index is 13.6. The number of benzene rings is 2. The Bertz CT molecular complexity index is 1410. The van der Waals surface area contributed by atoms with Gasteiger partial charge in [0.15, 0.2) is 4.80 Å². The summed E-state index contributed by atoms with van der Waals surface area (Å²) in [6, 6.07) is 15.6. The SMILES string of the molecule is CCOC(=O)C1=C(C)N=c2s/c(=C\c3ccc(C(C)C)cc3)c(=O)n2[C@@H]1c1ccc(SC)cc1. The van der Waals surface area contributed by atoms with Crippen LogP contribution >= 0.6 is 23.1 Å². The zero-order valence-corrected chi connectivity index (χ0v) is 21.6. The molecule has 5 nitrogen and oxygen atoms in total. The van der Waals surface area contributed by atoms with E-state index < -0.39 is 12.0 Å². The summed E-state index contributed by atoms with van der Waals surface area (Å²) in [5.41, 5.74) is 3.87. The summed E-state index contributed by atoms with van der Waals surface area (Å²) in [6.45, 7) is 8.14. The number of aromatic nitrogens is 1. The van der Waals surface area contributed by atoms with Gasteiger partial charge in [-0.1, -0.05) is 61.6 Å². The van der Waals surface area contributed by atoms with Gasteiger partial charge < -0.3 is 4.74 Å². The molecule has 0 fully saturated rings. The van der Waals surface area contributed by atoms with Crippen LogP contribution in [-0.2, 0) is 9.53 Å². The lowest BCUT2D eigenvalue weighted by Crippen LogP contribution is -2.39. The van der Waals surface area contributed by atoms with E-state index in [0.29, 0.717) is 26.5 Å². The van der Waals surface area contributed by atoms with Gasteiger partial charge in [-0.2, -0.15) is 0 Å². The molecular formula is C27H28N2O3S2. The van der Waals surface area contributed by atoms with Gasteiger partial charge in [-0.3, -0.25) is 9.36 Å². The molecule has 0 bridgehead atoms. The topological polar surface area (TPSA) is 60.7 Å². The molecule has 176 valence electrons. The Hall–Kier alpha value is -2.90. The van der Waals surface area contributed by atoms with Gasteiger partial charge in [0.2, 0.25) is 0 Å². The predicted octanol–water partition coefficient (Wildman–Crippen LogP) is 4.64. The van der Waals surface area contributed by atoms with Crippen LogP contribution in [0.1, 0.15) is 56.3 Å². The summed E-state index contributed by atoms with van der Waals surface area (Å²) < 4.78 is 7.57. The molecule has 2 heterocycles. The lowest BCUT2D eigenvalue weighted by molar-refractivity contribution is -0.139. The summed E-state index contributed by atoms with van der Waals surface area (Å²) in [5.74, 6) is 0.00220. The first-order valence-corrected chi connectivity index (χ1v) is 13.3. The predicted molar refractivity (Wildman–Crippen MR) is 139 cm³/mol. The number of carbonyl (C=O) groups excluding carboxylic acids is 1. The van der Waals surface area contributed by atoms with Crippen molar-refractivity contribution in [3.63, 3.8) is 0 Å². The highest BCUT2D eigenvalue weighted by molar-refractivity contribution is 7.98. The quantitative estimate of drug-likeness (QED) is 0.371. The first-order chi connectivity index (χ1) is 16.3. The summed E-state index contributed by atoms with van der Waals surface area (Å²) >= 11 is 2.99. The number of allylic oxidation sites excluding steroid dienone is 1. The summed E-state index contributed by atoms with van der Waals surface area (Å²) in [4.78, 5) is 32.9. The van der Waals surface area contributed by atoms with Gasteiger partial charge in [-0.25, -0.2) is 9.79 Å². The van der Waals surface area contributed by atoms with Crippen LogP contribution in [0, 0.1) is 0 Å². The highest BCUT2D eigenvalue weighted by Gasteiger charge is 2.33. The minimum absolute atomic E-state index is 0.162. The Kier molecular flexibility index (Phi) is 7.24. The van der Waals surface area contributed by atoms with Gasteiger partial charge in [0, 0.05) is 4.90 Å². The van der Waals surface area contributed by atoms with Crippen molar-refractivity contribution < 1.29 is 9.53 Å². The first kappa shape index (κ1) is 24.2. The van der Waals surface area contributed by atoms with Crippen molar-refractivity contribution in [1.29, 1.82) is 0 Å². The van der Waals surface area contributed by atoms with Gasteiger partial charge in [-0.15, -0.1) is 11.8 Å². The van der Waals surface area contributed by atoms with E-state index in [4.69, 9.17) is 4.74 Å². The fraction of sp³-hybridized carbons (Fsp3) is 0.296. The van der Waals surface area contributed by atoms with Crippen LogP contribution in [0.25, 0.3) is 6.08 Å². The molecule has 1 aliphatic rings. The molecule has 4 rings (SSSR count). The van der Waals surface area contributed by atoms with Crippen LogP contribution in [0.5, 0.6) is 0 Å². The Morgan fingerprint density at radius 2 is 1.85 bits per heavy atom. The van der Waals surface area contributed by atoms with Crippen LogP contribution in [0.15, 0.2) is 74.5 Å². The third kappa shape index (κ3) is 4.68. The van der Waals surface area contributed by atoms with Crippen LogP contribution in [-0.4, -0.2) is 23.4 Å². The summed E-state index contributed by atoms with van der Waals surface area (Å²) in [7, 11) is 0. The van der Waals surface area contributed by atoms with E-state index in [1.165, 1.54) is 16.9 Å². The van der Waals surface area contributed by atoms with E-state index in [1.807, 2.05) is 48.7 Å². The van der Waals surface area contributed by atoms with Gasteiger partial charge in [-0.05, 0) is 60.9 Å². The lowest BCUT2D eigenvalue weighted by Gasteiger charge is -2.24. The molecular weight excluding hydrogens is 464 g/mol. The maximum Gasteiger partial charge on any atom is 0.338 e. The smallest absolute Gasteiger partial charge is 0.338 e. The largest absolute Gasteiger partial charge is 0.463 e. The molecule has 0 radical (unpaired) electrons. The number of fused-ring (bicyclic) bond motifs is 1. The molecule has 1 atom stereocenters. The maximum absolute atomic E-state index is 13.6. The van der Waals surface area contributed by atoms with Crippen molar-refractivity contribution >= 4 is 35.1 Å². The van der Waals surface area contributed by atoms with E-state index in [1.54, 1.807) is 30.2 Å². The minimum Gasteiger partial charge on any atom is -0.463 e. The summed E-state index contributed by atoms with van der Waals surface area (Å²) in [5, 5.41) is 0. The molecule has 0 unspecified atom stereocenters. The normalized spacial score (nSPS) is 15.9. The zero-order chi connectivity index (χ0) is 24.4. The van der Waals surface area contributed by atoms with Crippen molar-refractivity contribution in [2.75, 3.05) is 12.9 Å². The highest BCUT2D eigenvalue weighted by atomic mass is 32.2. The second-order valence-electron chi connectivity index (χ2n) is 8.40. The molecule has 1 aromatic heterocycles. The average molecular weight is 493 g/mol. The molecule has 0 saturated carbocycles. The molecule has 0 saturated heterocycles. The van der Waals surface area contributed by atoms with Crippen molar-refractivity contribution in [3.05, 3.63) is 96.2 Å². The molecule has 0 amide bonds. The Labute approximate surface area is 207 Å².